The van der Waals surface area contributed by atoms with E-state index in [-0.39, 0.29) is 35.5 Å². The molecule has 2 saturated heterocycles. The predicted octanol–water partition coefficient (Wildman–Crippen LogP) is 2.99. The van der Waals surface area contributed by atoms with Crippen LogP contribution < -0.4 is 14.4 Å². The van der Waals surface area contributed by atoms with E-state index in [9.17, 15) is 13.2 Å². The molecule has 2 atom stereocenters. The molecule has 9 heteroatoms. The van der Waals surface area contributed by atoms with E-state index in [1.54, 1.807) is 0 Å². The highest BCUT2D eigenvalue weighted by Crippen LogP contribution is 2.44. The number of rotatable bonds is 3. The standard InChI is InChI=1S/C20H24N2O5S2/c23-19(8-13-4-2-1-3-5-13)21-20-22(15-10-29(24,25)11-18(15)28-20)14-6-7-16-17(9-14)27-12-26-16/h6-7,9,13,15,18H,1-5,8,10-12H2/t15-,18+/m0/s1. The molecular weight excluding hydrogens is 412 g/mol. The van der Waals surface area contributed by atoms with Crippen molar-refractivity contribution in [1.82, 2.24) is 0 Å². The van der Waals surface area contributed by atoms with Gasteiger partial charge in [0.05, 0.1) is 17.5 Å². The molecule has 0 unspecified atom stereocenters. The maximum atomic E-state index is 12.7. The third kappa shape index (κ3) is 3.86. The van der Waals surface area contributed by atoms with Gasteiger partial charge in [-0.05, 0) is 30.9 Å². The second-order valence-corrected chi connectivity index (χ2v) is 11.6. The van der Waals surface area contributed by atoms with Gasteiger partial charge in [0.25, 0.3) is 0 Å². The number of carbonyl (C=O) groups excluding carboxylic acids is 1. The fraction of sp³-hybridized carbons (Fsp3) is 0.600. The van der Waals surface area contributed by atoms with E-state index in [0.717, 1.165) is 18.5 Å². The fourth-order valence-corrected chi connectivity index (χ4v) is 8.62. The monoisotopic (exact) mass is 436 g/mol. The average Bonchev–Trinajstić information content (AvgIpc) is 3.33. The summed E-state index contributed by atoms with van der Waals surface area (Å²) in [5, 5.41) is 0.501. The normalized spacial score (nSPS) is 29.4. The summed E-state index contributed by atoms with van der Waals surface area (Å²) in [5.74, 6) is 1.82. The van der Waals surface area contributed by atoms with E-state index in [1.807, 2.05) is 23.1 Å². The van der Waals surface area contributed by atoms with Crippen LogP contribution in [-0.2, 0) is 14.6 Å². The highest BCUT2D eigenvalue weighted by Gasteiger charge is 2.49. The van der Waals surface area contributed by atoms with Gasteiger partial charge in [-0.1, -0.05) is 31.0 Å². The van der Waals surface area contributed by atoms with E-state index < -0.39 is 9.84 Å². The van der Waals surface area contributed by atoms with Gasteiger partial charge in [0, 0.05) is 23.4 Å². The first-order valence-electron chi connectivity index (χ1n) is 10.2. The number of hydrogen-bond donors (Lipinski definition) is 0. The lowest BCUT2D eigenvalue weighted by molar-refractivity contribution is -0.118. The van der Waals surface area contributed by atoms with Crippen LogP contribution in [0.5, 0.6) is 11.5 Å². The summed E-state index contributed by atoms with van der Waals surface area (Å²) in [6, 6.07) is 5.33. The molecule has 4 aliphatic rings. The molecule has 0 radical (unpaired) electrons. The van der Waals surface area contributed by atoms with Crippen LogP contribution in [-0.4, -0.2) is 49.1 Å². The van der Waals surface area contributed by atoms with E-state index in [4.69, 9.17) is 9.47 Å². The number of aliphatic imine (C=N–C) groups is 1. The molecule has 1 amide bonds. The number of carbonyl (C=O) groups is 1. The van der Waals surface area contributed by atoms with E-state index in [1.165, 1.54) is 31.0 Å². The van der Waals surface area contributed by atoms with Crippen LogP contribution >= 0.6 is 11.8 Å². The topological polar surface area (TPSA) is 85.3 Å². The first-order chi connectivity index (χ1) is 14.0. The summed E-state index contributed by atoms with van der Waals surface area (Å²) in [4.78, 5) is 19.1. The van der Waals surface area contributed by atoms with Crippen LogP contribution in [0, 0.1) is 5.92 Å². The van der Waals surface area contributed by atoms with Crippen molar-refractivity contribution in [3.63, 3.8) is 0 Å². The lowest BCUT2D eigenvalue weighted by Crippen LogP contribution is -2.37. The van der Waals surface area contributed by atoms with E-state index in [0.29, 0.717) is 29.0 Å². The van der Waals surface area contributed by atoms with Crippen LogP contribution in [0.1, 0.15) is 38.5 Å². The number of thioether (sulfide) groups is 1. The molecular formula is C20H24N2O5S2. The van der Waals surface area contributed by atoms with Crippen molar-refractivity contribution < 1.29 is 22.7 Å². The molecule has 3 aliphatic heterocycles. The number of anilines is 1. The Hall–Kier alpha value is -1.74. The third-order valence-electron chi connectivity index (χ3n) is 6.11. The number of fused-ring (bicyclic) bond motifs is 2. The smallest absolute Gasteiger partial charge is 0.248 e. The molecule has 0 bridgehead atoms. The number of benzene rings is 1. The minimum absolute atomic E-state index is 0.0783. The van der Waals surface area contributed by atoms with Crippen LogP contribution in [0.4, 0.5) is 5.69 Å². The summed E-state index contributed by atoms with van der Waals surface area (Å²) >= 11 is 1.41. The van der Waals surface area contributed by atoms with Crippen LogP contribution in [0.3, 0.4) is 0 Å². The van der Waals surface area contributed by atoms with Crippen LogP contribution in [0.2, 0.25) is 0 Å². The van der Waals surface area contributed by atoms with Crippen molar-refractivity contribution in [2.75, 3.05) is 23.2 Å². The predicted molar refractivity (Wildman–Crippen MR) is 112 cm³/mol. The van der Waals surface area contributed by atoms with Crippen molar-refractivity contribution in [3.8, 4) is 11.5 Å². The molecule has 1 aromatic carbocycles. The maximum absolute atomic E-state index is 12.7. The number of hydrogen-bond acceptors (Lipinski definition) is 6. The molecule has 0 aromatic heterocycles. The Morgan fingerprint density at radius 3 is 2.76 bits per heavy atom. The lowest BCUT2D eigenvalue weighted by atomic mass is 9.87. The summed E-state index contributed by atoms with van der Waals surface area (Å²) in [6.07, 6.45) is 6.30. The second-order valence-electron chi connectivity index (χ2n) is 8.20. The van der Waals surface area contributed by atoms with Gasteiger partial charge in [-0.2, -0.15) is 4.99 Å². The number of amidine groups is 1. The molecule has 3 fully saturated rings. The average molecular weight is 437 g/mol. The summed E-state index contributed by atoms with van der Waals surface area (Å²) < 4.78 is 35.3. The molecule has 1 saturated carbocycles. The molecule has 5 rings (SSSR count). The Morgan fingerprint density at radius 2 is 1.93 bits per heavy atom. The minimum atomic E-state index is -3.09. The molecule has 1 aromatic rings. The zero-order chi connectivity index (χ0) is 20.0. The Kier molecular flexibility index (Phi) is 4.98. The minimum Gasteiger partial charge on any atom is -0.454 e. The van der Waals surface area contributed by atoms with Gasteiger partial charge < -0.3 is 14.4 Å². The summed E-state index contributed by atoms with van der Waals surface area (Å²) in [5.41, 5.74) is 0.788. The van der Waals surface area contributed by atoms with Gasteiger partial charge in [0.1, 0.15) is 0 Å². The van der Waals surface area contributed by atoms with Crippen molar-refractivity contribution >= 4 is 38.4 Å². The Labute approximate surface area is 174 Å². The van der Waals surface area contributed by atoms with Crippen molar-refractivity contribution in [3.05, 3.63) is 18.2 Å². The maximum Gasteiger partial charge on any atom is 0.248 e. The molecule has 0 N–H and O–H groups in total. The highest BCUT2D eigenvalue weighted by molar-refractivity contribution is 8.16. The van der Waals surface area contributed by atoms with Gasteiger partial charge >= 0.3 is 0 Å². The second kappa shape index (κ2) is 7.50. The molecule has 29 heavy (non-hydrogen) atoms. The Morgan fingerprint density at radius 1 is 1.14 bits per heavy atom. The van der Waals surface area contributed by atoms with E-state index in [2.05, 4.69) is 4.99 Å². The first-order valence-corrected chi connectivity index (χ1v) is 12.9. The molecule has 1 aliphatic carbocycles. The molecule has 7 nitrogen and oxygen atoms in total. The van der Waals surface area contributed by atoms with Gasteiger partial charge in [-0.25, -0.2) is 8.42 Å². The zero-order valence-electron chi connectivity index (χ0n) is 16.1. The van der Waals surface area contributed by atoms with Crippen LogP contribution in [0.25, 0.3) is 0 Å². The summed E-state index contributed by atoms with van der Waals surface area (Å²) in [7, 11) is -3.09. The van der Waals surface area contributed by atoms with Gasteiger partial charge in [-0.15, -0.1) is 0 Å². The molecule has 3 heterocycles. The number of nitrogens with zero attached hydrogens (tertiary/aromatic N) is 2. The molecule has 0 spiro atoms. The SMILES string of the molecule is O=C(CC1CCCCC1)N=C1S[C@@H]2CS(=O)(=O)C[C@@H]2N1c1ccc2c(c1)OCO2. The number of amides is 1. The van der Waals surface area contributed by atoms with Gasteiger partial charge in [0.15, 0.2) is 26.5 Å². The number of ether oxygens (including phenoxy) is 2. The van der Waals surface area contributed by atoms with Gasteiger partial charge in [0.2, 0.25) is 12.7 Å². The highest BCUT2D eigenvalue weighted by atomic mass is 32.2. The van der Waals surface area contributed by atoms with Crippen molar-refractivity contribution in [2.24, 2.45) is 10.9 Å². The Bertz CT molecular complexity index is 956. The Balaban J connectivity index is 1.43. The summed E-state index contributed by atoms with van der Waals surface area (Å²) in [6.45, 7) is 0.175. The van der Waals surface area contributed by atoms with Crippen molar-refractivity contribution in [1.29, 1.82) is 0 Å². The molecule has 156 valence electrons. The first kappa shape index (κ1) is 19.2. The third-order valence-corrected chi connectivity index (χ3v) is 9.32. The van der Waals surface area contributed by atoms with Crippen LogP contribution in [0.15, 0.2) is 23.2 Å². The van der Waals surface area contributed by atoms with Gasteiger partial charge in [-0.3, -0.25) is 4.79 Å². The number of sulfone groups is 1. The largest absolute Gasteiger partial charge is 0.454 e. The van der Waals surface area contributed by atoms with Crippen molar-refractivity contribution in [2.45, 2.75) is 49.8 Å². The lowest BCUT2D eigenvalue weighted by Gasteiger charge is -2.25. The quantitative estimate of drug-likeness (QED) is 0.720. The fourth-order valence-electron chi connectivity index (χ4n) is 4.69. The van der Waals surface area contributed by atoms with E-state index >= 15 is 0 Å². The zero-order valence-corrected chi connectivity index (χ0v) is 17.7.